The zero-order chi connectivity index (χ0) is 19.7. The second-order valence-corrected chi connectivity index (χ2v) is 8.28. The van der Waals surface area contributed by atoms with Gasteiger partial charge in [-0.25, -0.2) is 9.97 Å². The Morgan fingerprint density at radius 3 is 2.54 bits per heavy atom. The molecular formula is C22H32N4O2. The molecule has 152 valence electrons. The molecule has 0 N–H and O–H groups in total. The van der Waals surface area contributed by atoms with E-state index in [1.54, 1.807) is 7.11 Å². The fourth-order valence-corrected chi connectivity index (χ4v) is 4.39. The van der Waals surface area contributed by atoms with Crippen molar-refractivity contribution in [2.75, 3.05) is 53.5 Å². The van der Waals surface area contributed by atoms with Crippen molar-refractivity contribution in [1.29, 1.82) is 0 Å². The van der Waals surface area contributed by atoms with Gasteiger partial charge in [0.25, 0.3) is 0 Å². The molecule has 0 spiro atoms. The Morgan fingerprint density at radius 2 is 1.86 bits per heavy atom. The molecule has 28 heavy (non-hydrogen) atoms. The van der Waals surface area contributed by atoms with Crippen molar-refractivity contribution in [3.63, 3.8) is 0 Å². The monoisotopic (exact) mass is 384 g/mol. The molecule has 6 nitrogen and oxygen atoms in total. The number of rotatable bonds is 6. The van der Waals surface area contributed by atoms with Crippen LogP contribution in [0.15, 0.2) is 12.1 Å². The maximum absolute atomic E-state index is 6.15. The molecule has 2 aliphatic heterocycles. The number of piperidine rings is 1. The Hall–Kier alpha value is -1.92. The largest absolute Gasteiger partial charge is 0.493 e. The van der Waals surface area contributed by atoms with Crippen molar-refractivity contribution < 1.29 is 9.47 Å². The average Bonchev–Trinajstić information content (AvgIpc) is 2.66. The molecule has 2 aliphatic rings. The summed E-state index contributed by atoms with van der Waals surface area (Å²) in [6, 6.07) is 4.12. The van der Waals surface area contributed by atoms with Crippen molar-refractivity contribution >= 4 is 10.9 Å². The van der Waals surface area contributed by atoms with E-state index in [0.717, 1.165) is 86.1 Å². The van der Waals surface area contributed by atoms with Crippen LogP contribution in [-0.4, -0.2) is 73.3 Å². The van der Waals surface area contributed by atoms with Crippen molar-refractivity contribution in [1.82, 2.24) is 19.8 Å². The molecule has 0 bridgehead atoms. The third-order valence-electron chi connectivity index (χ3n) is 6.18. The Labute approximate surface area is 167 Å². The van der Waals surface area contributed by atoms with Crippen molar-refractivity contribution in [3.8, 4) is 11.5 Å². The summed E-state index contributed by atoms with van der Waals surface area (Å²) in [6.07, 6.45) is 2.27. The molecule has 3 heterocycles. The molecule has 2 saturated heterocycles. The lowest BCUT2D eigenvalue weighted by molar-refractivity contribution is 0.0662. The molecule has 0 amide bonds. The van der Waals surface area contributed by atoms with Crippen LogP contribution >= 0.6 is 0 Å². The number of aryl methyl sites for hydroxylation is 1. The minimum Gasteiger partial charge on any atom is -0.493 e. The molecule has 0 radical (unpaired) electrons. The lowest BCUT2D eigenvalue weighted by atomic mass is 9.91. The molecule has 0 unspecified atom stereocenters. The Balaban J connectivity index is 1.60. The lowest BCUT2D eigenvalue weighted by Gasteiger charge is -2.38. The maximum atomic E-state index is 6.15. The van der Waals surface area contributed by atoms with Gasteiger partial charge in [-0.2, -0.15) is 0 Å². The summed E-state index contributed by atoms with van der Waals surface area (Å²) < 4.78 is 11.8. The molecule has 0 saturated carbocycles. The van der Waals surface area contributed by atoms with Gasteiger partial charge in [0, 0.05) is 36.4 Å². The van der Waals surface area contributed by atoms with E-state index in [2.05, 4.69) is 29.8 Å². The fourth-order valence-electron chi connectivity index (χ4n) is 4.39. The van der Waals surface area contributed by atoms with E-state index in [-0.39, 0.29) is 0 Å². The first-order valence-electron chi connectivity index (χ1n) is 10.5. The Bertz CT molecular complexity index is 827. The first-order chi connectivity index (χ1) is 13.6. The summed E-state index contributed by atoms with van der Waals surface area (Å²) in [5.41, 5.74) is 2.12. The molecule has 6 heteroatoms. The van der Waals surface area contributed by atoms with E-state index in [9.17, 15) is 0 Å². The number of benzene rings is 1. The molecule has 0 aliphatic carbocycles. The highest BCUT2D eigenvalue weighted by molar-refractivity contribution is 5.85. The molecular weight excluding hydrogens is 352 g/mol. The van der Waals surface area contributed by atoms with Gasteiger partial charge in [0.15, 0.2) is 11.5 Å². The Morgan fingerprint density at radius 1 is 1.11 bits per heavy atom. The minimum absolute atomic E-state index is 0.479. The topological polar surface area (TPSA) is 50.7 Å². The van der Waals surface area contributed by atoms with Gasteiger partial charge in [-0.05, 0) is 52.5 Å². The quantitative estimate of drug-likeness (QED) is 0.763. The van der Waals surface area contributed by atoms with Gasteiger partial charge in [0.1, 0.15) is 5.82 Å². The van der Waals surface area contributed by atoms with Crippen LogP contribution < -0.4 is 9.47 Å². The predicted octanol–water partition coefficient (Wildman–Crippen LogP) is 3.09. The van der Waals surface area contributed by atoms with E-state index in [1.807, 2.05) is 13.0 Å². The number of nitrogens with zero attached hydrogens (tertiary/aromatic N) is 4. The van der Waals surface area contributed by atoms with Gasteiger partial charge in [-0.3, -0.25) is 0 Å². The van der Waals surface area contributed by atoms with Crippen LogP contribution in [0.25, 0.3) is 10.9 Å². The van der Waals surface area contributed by atoms with Crippen molar-refractivity contribution in [3.05, 3.63) is 23.7 Å². The van der Waals surface area contributed by atoms with Gasteiger partial charge < -0.3 is 19.3 Å². The van der Waals surface area contributed by atoms with Crippen LogP contribution in [0, 0.1) is 12.8 Å². The molecule has 2 aromatic rings. The van der Waals surface area contributed by atoms with E-state index in [0.29, 0.717) is 11.8 Å². The third-order valence-corrected chi connectivity index (χ3v) is 6.18. The zero-order valence-electron chi connectivity index (χ0n) is 17.6. The highest BCUT2D eigenvalue weighted by Gasteiger charge is 2.27. The first-order valence-corrected chi connectivity index (χ1v) is 10.5. The van der Waals surface area contributed by atoms with E-state index in [1.165, 1.54) is 0 Å². The maximum Gasteiger partial charge on any atom is 0.163 e. The summed E-state index contributed by atoms with van der Waals surface area (Å²) in [6.45, 7) is 10.5. The number of hydrogen-bond donors (Lipinski definition) is 0. The first kappa shape index (κ1) is 19.4. The van der Waals surface area contributed by atoms with Crippen molar-refractivity contribution in [2.24, 2.45) is 5.92 Å². The summed E-state index contributed by atoms with van der Waals surface area (Å²) in [5.74, 6) is 3.47. The number of hydrogen-bond acceptors (Lipinski definition) is 6. The molecule has 0 atom stereocenters. The van der Waals surface area contributed by atoms with Gasteiger partial charge >= 0.3 is 0 Å². The summed E-state index contributed by atoms with van der Waals surface area (Å²) in [7, 11) is 3.90. The van der Waals surface area contributed by atoms with Gasteiger partial charge in [0.05, 0.1) is 24.9 Å². The summed E-state index contributed by atoms with van der Waals surface area (Å²) in [5, 5.41) is 1.10. The minimum atomic E-state index is 0.479. The van der Waals surface area contributed by atoms with Crippen LogP contribution in [-0.2, 0) is 0 Å². The average molecular weight is 385 g/mol. The van der Waals surface area contributed by atoms with Gasteiger partial charge in [-0.1, -0.05) is 6.92 Å². The second kappa shape index (κ2) is 8.21. The normalized spacial score (nSPS) is 19.7. The smallest absolute Gasteiger partial charge is 0.163 e. The predicted molar refractivity (Wildman–Crippen MR) is 111 cm³/mol. The zero-order valence-corrected chi connectivity index (χ0v) is 17.6. The van der Waals surface area contributed by atoms with Crippen LogP contribution in [0.5, 0.6) is 11.5 Å². The van der Waals surface area contributed by atoms with E-state index < -0.39 is 0 Å². The number of ether oxygens (including phenoxy) is 2. The Kier molecular flexibility index (Phi) is 5.69. The van der Waals surface area contributed by atoms with Crippen LogP contribution in [0.3, 0.4) is 0 Å². The number of methoxy groups -OCH3 is 1. The standard InChI is InChI=1S/C22H32N4O2/c1-5-26-12-16(13-26)14-28-21-11-19-18(10-20(21)27-4)22(24-15(2)23-19)17-6-8-25(3)9-7-17/h10-11,16-17H,5-9,12-14H2,1-4H3. The molecule has 2 fully saturated rings. The number of fused-ring (bicyclic) bond motifs is 1. The van der Waals surface area contributed by atoms with Crippen LogP contribution in [0.1, 0.15) is 37.2 Å². The highest BCUT2D eigenvalue weighted by atomic mass is 16.5. The third kappa shape index (κ3) is 3.94. The van der Waals surface area contributed by atoms with Gasteiger partial charge in [-0.15, -0.1) is 0 Å². The van der Waals surface area contributed by atoms with E-state index >= 15 is 0 Å². The number of likely N-dealkylation sites (tertiary alicyclic amines) is 2. The summed E-state index contributed by atoms with van der Waals surface area (Å²) >= 11 is 0. The van der Waals surface area contributed by atoms with E-state index in [4.69, 9.17) is 19.4 Å². The second-order valence-electron chi connectivity index (χ2n) is 8.28. The summed E-state index contributed by atoms with van der Waals surface area (Å²) in [4.78, 5) is 14.4. The van der Waals surface area contributed by atoms with Gasteiger partial charge in [0.2, 0.25) is 0 Å². The molecule has 1 aromatic heterocycles. The lowest BCUT2D eigenvalue weighted by Crippen LogP contribution is -2.48. The van der Waals surface area contributed by atoms with Crippen molar-refractivity contribution in [2.45, 2.75) is 32.6 Å². The molecule has 1 aromatic carbocycles. The highest BCUT2D eigenvalue weighted by Crippen LogP contribution is 2.37. The van der Waals surface area contributed by atoms with Crippen LogP contribution in [0.4, 0.5) is 0 Å². The SMILES string of the molecule is CCN1CC(COc2cc3nc(C)nc(C4CCN(C)CC4)c3cc2OC)C1. The molecule has 4 rings (SSSR count). The van der Waals surface area contributed by atoms with Crippen LogP contribution in [0.2, 0.25) is 0 Å². The number of aromatic nitrogens is 2. The fraction of sp³-hybridized carbons (Fsp3) is 0.636.